The van der Waals surface area contributed by atoms with Gasteiger partial charge in [-0.3, -0.25) is 9.36 Å². The second-order valence-electron chi connectivity index (χ2n) is 9.60. The number of alkyl carbamates (subject to hydrolysis) is 1. The highest BCUT2D eigenvalue weighted by atomic mass is 32.1. The molecule has 0 radical (unpaired) electrons. The van der Waals surface area contributed by atoms with E-state index in [1.807, 2.05) is 37.8 Å². The standard InChI is InChI=1S/C25H29N5O4S/c1-25(2,3)34-24(33)27-19-9-6-10-29(13-19)23-28-20-18(14-31)15-35-21(20)22(32)30(23)12-17-8-5-4-7-16(17)11-26/h4-5,7-8,15,19,31H,6,9-10,12-14H2,1-3H3,(H,27,33)/t19-/m1/s1. The Kier molecular flexibility index (Phi) is 7.10. The van der Waals surface area contributed by atoms with Crippen molar-refractivity contribution in [3.8, 4) is 6.07 Å². The average Bonchev–Trinajstić information content (AvgIpc) is 3.23. The molecule has 184 valence electrons. The summed E-state index contributed by atoms with van der Waals surface area (Å²) >= 11 is 1.26. The van der Waals surface area contributed by atoms with E-state index >= 15 is 0 Å². The molecule has 4 rings (SSSR count). The van der Waals surface area contributed by atoms with Gasteiger partial charge in [-0.1, -0.05) is 18.2 Å². The number of fused-ring (bicyclic) bond motifs is 1. The first-order valence-electron chi connectivity index (χ1n) is 11.5. The van der Waals surface area contributed by atoms with Crippen molar-refractivity contribution in [1.29, 1.82) is 5.26 Å². The normalized spacial score (nSPS) is 16.2. The summed E-state index contributed by atoms with van der Waals surface area (Å²) in [4.78, 5) is 32.8. The second kappa shape index (κ2) is 10.1. The van der Waals surface area contributed by atoms with Crippen LogP contribution in [0.25, 0.3) is 10.2 Å². The highest BCUT2D eigenvalue weighted by Gasteiger charge is 2.28. The molecule has 3 heterocycles. The van der Waals surface area contributed by atoms with Gasteiger partial charge in [-0.05, 0) is 50.6 Å². The van der Waals surface area contributed by atoms with Gasteiger partial charge in [-0.25, -0.2) is 9.78 Å². The molecule has 1 aliphatic rings. The first kappa shape index (κ1) is 24.7. The maximum Gasteiger partial charge on any atom is 0.407 e. The van der Waals surface area contributed by atoms with Crippen LogP contribution < -0.4 is 15.8 Å². The highest BCUT2D eigenvalue weighted by Crippen LogP contribution is 2.27. The number of thiophene rings is 1. The van der Waals surface area contributed by atoms with Gasteiger partial charge in [0.1, 0.15) is 10.3 Å². The molecular formula is C25H29N5O4S. The maximum atomic E-state index is 13.6. The molecule has 1 aromatic carbocycles. The zero-order valence-corrected chi connectivity index (χ0v) is 20.9. The van der Waals surface area contributed by atoms with Crippen LogP contribution in [0.5, 0.6) is 0 Å². The fourth-order valence-electron chi connectivity index (χ4n) is 4.22. The molecule has 1 fully saturated rings. The Labute approximate surface area is 207 Å². The number of piperidine rings is 1. The number of ether oxygens (including phenoxy) is 1. The molecule has 0 saturated carbocycles. The lowest BCUT2D eigenvalue weighted by atomic mass is 10.1. The van der Waals surface area contributed by atoms with Crippen LogP contribution in [0.15, 0.2) is 34.4 Å². The summed E-state index contributed by atoms with van der Waals surface area (Å²) in [6, 6.07) is 9.20. The molecule has 1 amide bonds. The minimum Gasteiger partial charge on any atom is -0.444 e. The third-order valence-corrected chi connectivity index (χ3v) is 6.80. The van der Waals surface area contributed by atoms with Crippen LogP contribution in [0.2, 0.25) is 0 Å². The van der Waals surface area contributed by atoms with E-state index in [1.165, 1.54) is 11.3 Å². The van der Waals surface area contributed by atoms with Crippen LogP contribution in [0.4, 0.5) is 10.7 Å². The van der Waals surface area contributed by atoms with Crippen molar-refractivity contribution in [3.63, 3.8) is 0 Å². The van der Waals surface area contributed by atoms with Gasteiger partial charge in [-0.15, -0.1) is 11.3 Å². The van der Waals surface area contributed by atoms with E-state index in [1.54, 1.807) is 22.1 Å². The summed E-state index contributed by atoms with van der Waals surface area (Å²) in [7, 11) is 0. The van der Waals surface area contributed by atoms with Crippen molar-refractivity contribution in [3.05, 3.63) is 56.7 Å². The van der Waals surface area contributed by atoms with Crippen LogP contribution in [0, 0.1) is 11.3 Å². The number of aromatic nitrogens is 2. The van der Waals surface area contributed by atoms with Crippen LogP contribution in [-0.4, -0.2) is 45.5 Å². The van der Waals surface area contributed by atoms with Crippen LogP contribution in [0.3, 0.4) is 0 Å². The van der Waals surface area contributed by atoms with Gasteiger partial charge in [-0.2, -0.15) is 5.26 Å². The Balaban J connectivity index is 1.72. The second-order valence-corrected chi connectivity index (χ2v) is 10.5. The van der Waals surface area contributed by atoms with E-state index in [4.69, 9.17) is 9.72 Å². The summed E-state index contributed by atoms with van der Waals surface area (Å²) in [6.07, 6.45) is 1.09. The van der Waals surface area contributed by atoms with Crippen molar-refractivity contribution >= 4 is 33.6 Å². The number of benzene rings is 1. The van der Waals surface area contributed by atoms with Gasteiger partial charge in [0.2, 0.25) is 5.95 Å². The van der Waals surface area contributed by atoms with Gasteiger partial charge in [0.25, 0.3) is 5.56 Å². The molecule has 1 atom stereocenters. The molecule has 1 saturated heterocycles. The summed E-state index contributed by atoms with van der Waals surface area (Å²) in [5.74, 6) is 0.457. The Bertz CT molecular complexity index is 1330. The fraction of sp³-hybridized carbons (Fsp3) is 0.440. The monoisotopic (exact) mass is 495 g/mol. The number of rotatable bonds is 5. The minimum absolute atomic E-state index is 0.175. The first-order chi connectivity index (χ1) is 16.7. The van der Waals surface area contributed by atoms with Gasteiger partial charge < -0.3 is 20.1 Å². The van der Waals surface area contributed by atoms with E-state index in [-0.39, 0.29) is 24.8 Å². The average molecular weight is 496 g/mol. The molecule has 3 aromatic rings. The zero-order chi connectivity index (χ0) is 25.2. The molecule has 10 heteroatoms. The summed E-state index contributed by atoms with van der Waals surface area (Å²) in [5.41, 5.74) is 1.50. The topological polar surface area (TPSA) is 120 Å². The lowest BCUT2D eigenvalue weighted by molar-refractivity contribution is 0.0499. The van der Waals surface area contributed by atoms with Crippen LogP contribution in [0.1, 0.15) is 50.3 Å². The van der Waals surface area contributed by atoms with E-state index in [0.717, 1.165) is 18.4 Å². The maximum absolute atomic E-state index is 13.6. The number of amides is 1. The number of hydrogen-bond acceptors (Lipinski definition) is 8. The predicted octanol–water partition coefficient (Wildman–Crippen LogP) is 3.36. The van der Waals surface area contributed by atoms with E-state index in [0.29, 0.717) is 40.4 Å². The predicted molar refractivity (Wildman–Crippen MR) is 135 cm³/mol. The number of carbonyl (C=O) groups excluding carboxylic acids is 1. The van der Waals surface area contributed by atoms with E-state index in [2.05, 4.69) is 11.4 Å². The highest BCUT2D eigenvalue weighted by molar-refractivity contribution is 7.17. The number of nitriles is 1. The number of anilines is 1. The molecule has 1 aliphatic heterocycles. The summed E-state index contributed by atoms with van der Waals surface area (Å²) < 4.78 is 7.46. The third-order valence-electron chi connectivity index (χ3n) is 5.79. The molecule has 0 spiro atoms. The molecule has 2 N–H and O–H groups in total. The first-order valence-corrected chi connectivity index (χ1v) is 12.4. The Hall–Kier alpha value is -3.42. The molecule has 0 bridgehead atoms. The Morgan fingerprint density at radius 3 is 2.83 bits per heavy atom. The Morgan fingerprint density at radius 2 is 2.11 bits per heavy atom. The lowest BCUT2D eigenvalue weighted by Crippen LogP contribution is -2.50. The number of nitrogens with one attached hydrogen (secondary N) is 1. The van der Waals surface area contributed by atoms with E-state index in [9.17, 15) is 20.0 Å². The SMILES string of the molecule is CC(C)(C)OC(=O)N[C@@H]1CCCN(c2nc3c(CO)csc3c(=O)n2Cc2ccccc2C#N)C1. The number of carbonyl (C=O) groups is 1. The quantitative estimate of drug-likeness (QED) is 0.557. The number of nitrogens with zero attached hydrogens (tertiary/aromatic N) is 4. The lowest BCUT2D eigenvalue weighted by Gasteiger charge is -2.35. The van der Waals surface area contributed by atoms with Crippen molar-refractivity contribution in [2.45, 2.75) is 58.4 Å². The molecule has 0 aliphatic carbocycles. The Morgan fingerprint density at radius 1 is 1.34 bits per heavy atom. The summed E-state index contributed by atoms with van der Waals surface area (Å²) in [5, 5.41) is 24.0. The fourth-order valence-corrected chi connectivity index (χ4v) is 5.17. The minimum atomic E-state index is -0.598. The largest absolute Gasteiger partial charge is 0.444 e. The number of hydrogen-bond donors (Lipinski definition) is 2. The van der Waals surface area contributed by atoms with Crippen molar-refractivity contribution in [1.82, 2.24) is 14.9 Å². The number of aliphatic hydroxyl groups is 1. The molecule has 35 heavy (non-hydrogen) atoms. The van der Waals surface area contributed by atoms with E-state index < -0.39 is 11.7 Å². The van der Waals surface area contributed by atoms with Gasteiger partial charge in [0.15, 0.2) is 0 Å². The summed E-state index contributed by atoms with van der Waals surface area (Å²) in [6.45, 7) is 6.53. The van der Waals surface area contributed by atoms with Crippen LogP contribution in [-0.2, 0) is 17.9 Å². The molecule has 0 unspecified atom stereocenters. The molecule has 9 nitrogen and oxygen atoms in total. The third kappa shape index (κ3) is 5.47. The van der Waals surface area contributed by atoms with Crippen molar-refractivity contribution < 1.29 is 14.6 Å². The van der Waals surface area contributed by atoms with Gasteiger partial charge in [0, 0.05) is 24.7 Å². The van der Waals surface area contributed by atoms with Crippen LogP contribution >= 0.6 is 11.3 Å². The van der Waals surface area contributed by atoms with Gasteiger partial charge >= 0.3 is 6.09 Å². The number of aliphatic hydroxyl groups excluding tert-OH is 1. The smallest absolute Gasteiger partial charge is 0.407 e. The zero-order valence-electron chi connectivity index (χ0n) is 20.1. The van der Waals surface area contributed by atoms with Crippen molar-refractivity contribution in [2.24, 2.45) is 0 Å². The molecule has 2 aromatic heterocycles. The van der Waals surface area contributed by atoms with Crippen molar-refractivity contribution in [2.75, 3.05) is 18.0 Å². The van der Waals surface area contributed by atoms with Gasteiger partial charge in [0.05, 0.1) is 30.3 Å². The molecular weight excluding hydrogens is 466 g/mol.